The molecule has 1 aliphatic carbocycles. The van der Waals surface area contributed by atoms with Gasteiger partial charge in [-0.3, -0.25) is 9.78 Å². The molecule has 1 aromatic heterocycles. The molecule has 0 amide bonds. The maximum Gasteiger partial charge on any atom is 0.240 e. The van der Waals surface area contributed by atoms with Crippen LogP contribution in [0, 0.1) is 0 Å². The zero-order valence-corrected chi connectivity index (χ0v) is 18.3. The number of fused-ring (bicyclic) bond motifs is 1. The summed E-state index contributed by atoms with van der Waals surface area (Å²) in [6.45, 7) is 0.207. The summed E-state index contributed by atoms with van der Waals surface area (Å²) in [5.74, 6) is 1.53. The molecule has 2 aromatic carbocycles. The molecule has 32 heavy (non-hydrogen) atoms. The molecule has 0 bridgehead atoms. The molecule has 0 atom stereocenters. The van der Waals surface area contributed by atoms with E-state index in [-0.39, 0.29) is 23.9 Å². The fraction of sp³-hybridized carbons (Fsp3) is 0.250. The summed E-state index contributed by atoms with van der Waals surface area (Å²) in [5.41, 5.74) is 2.64. The molecule has 1 N–H and O–H groups in total. The number of hydrogen-bond acceptors (Lipinski definition) is 6. The Bertz CT molecular complexity index is 1300. The van der Waals surface area contributed by atoms with Crippen molar-refractivity contribution in [2.45, 2.75) is 29.6 Å². The van der Waals surface area contributed by atoms with E-state index < -0.39 is 15.4 Å². The molecule has 1 saturated carbocycles. The molecule has 164 valence electrons. The molecular weight excluding hydrogens is 428 g/mol. The number of carbonyl (C=O) groups is 1. The lowest BCUT2D eigenvalue weighted by molar-refractivity contribution is -0.120. The van der Waals surface area contributed by atoms with Crippen molar-refractivity contribution in [2.24, 2.45) is 0 Å². The van der Waals surface area contributed by atoms with Crippen molar-refractivity contribution >= 4 is 15.8 Å². The van der Waals surface area contributed by atoms with E-state index in [0.29, 0.717) is 22.9 Å². The van der Waals surface area contributed by atoms with E-state index in [9.17, 15) is 13.2 Å². The van der Waals surface area contributed by atoms with E-state index in [0.717, 1.165) is 24.0 Å². The van der Waals surface area contributed by atoms with E-state index in [1.165, 1.54) is 7.05 Å². The number of rotatable bonds is 7. The molecule has 0 saturated heterocycles. The lowest BCUT2D eigenvalue weighted by Crippen LogP contribution is -2.23. The second kappa shape index (κ2) is 7.72. The topological polar surface area (TPSA) is 94.6 Å². The predicted octanol–water partition coefficient (Wildman–Crippen LogP) is 3.23. The van der Waals surface area contributed by atoms with E-state index in [4.69, 9.17) is 9.47 Å². The molecule has 2 heterocycles. The molecule has 3 aromatic rings. The van der Waals surface area contributed by atoms with Crippen LogP contribution in [0.25, 0.3) is 11.3 Å². The molecule has 1 aliphatic heterocycles. The first-order chi connectivity index (χ1) is 15.4. The molecule has 1 fully saturated rings. The van der Waals surface area contributed by atoms with Gasteiger partial charge in [0.15, 0.2) is 11.5 Å². The van der Waals surface area contributed by atoms with Gasteiger partial charge < -0.3 is 9.47 Å². The Kier molecular flexibility index (Phi) is 4.98. The molecule has 2 aliphatic rings. The summed E-state index contributed by atoms with van der Waals surface area (Å²) in [7, 11) is -2.12. The Hall–Kier alpha value is -3.23. The minimum absolute atomic E-state index is 0.136. The van der Waals surface area contributed by atoms with Gasteiger partial charge >= 0.3 is 0 Å². The van der Waals surface area contributed by atoms with Crippen LogP contribution < -0.4 is 14.2 Å². The molecule has 8 heteroatoms. The van der Waals surface area contributed by atoms with Gasteiger partial charge in [-0.1, -0.05) is 24.3 Å². The van der Waals surface area contributed by atoms with Gasteiger partial charge in [-0.15, -0.1) is 0 Å². The Morgan fingerprint density at radius 2 is 1.78 bits per heavy atom. The molecule has 5 rings (SSSR count). The summed E-state index contributed by atoms with van der Waals surface area (Å²) in [6.07, 6.45) is 1.85. The quantitative estimate of drug-likeness (QED) is 0.594. The largest absolute Gasteiger partial charge is 0.454 e. The number of ketones is 1. The van der Waals surface area contributed by atoms with Gasteiger partial charge in [0.05, 0.1) is 16.0 Å². The fourth-order valence-corrected chi connectivity index (χ4v) is 4.77. The summed E-state index contributed by atoms with van der Waals surface area (Å²) >= 11 is 0. The number of benzene rings is 2. The summed E-state index contributed by atoms with van der Waals surface area (Å²) in [4.78, 5) is 18.1. The molecular formula is C24H22N2O5S. The number of ether oxygens (including phenoxy) is 2. The highest BCUT2D eigenvalue weighted by Gasteiger charge is 2.50. The highest BCUT2D eigenvalue weighted by molar-refractivity contribution is 7.89. The standard InChI is InChI=1S/C24H22N2O5S/c1-25-32(28,29)19-8-5-16(6-9-19)20-4-2-3-18(26-20)14-23(27)24(11-12-24)17-7-10-21-22(13-17)31-15-30-21/h2-10,13,25H,11-12,14-15H2,1H3. The number of Topliss-reactive ketones (excluding diaryl/α,β-unsaturated/α-hetero) is 1. The average molecular weight is 451 g/mol. The molecule has 0 radical (unpaired) electrons. The fourth-order valence-electron chi connectivity index (χ4n) is 4.04. The zero-order valence-electron chi connectivity index (χ0n) is 17.5. The predicted molar refractivity (Wildman–Crippen MR) is 118 cm³/mol. The first-order valence-corrected chi connectivity index (χ1v) is 11.8. The van der Waals surface area contributed by atoms with Crippen LogP contribution in [-0.2, 0) is 26.7 Å². The Balaban J connectivity index is 1.36. The normalized spacial score (nSPS) is 16.0. The van der Waals surface area contributed by atoms with Crippen LogP contribution in [0.4, 0.5) is 0 Å². The summed E-state index contributed by atoms with van der Waals surface area (Å²) in [5, 5.41) is 0. The zero-order chi connectivity index (χ0) is 22.3. The number of aromatic nitrogens is 1. The number of nitrogens with zero attached hydrogens (tertiary/aromatic N) is 1. The monoisotopic (exact) mass is 450 g/mol. The van der Waals surface area contributed by atoms with Gasteiger partial charge in [0.25, 0.3) is 0 Å². The van der Waals surface area contributed by atoms with Crippen molar-refractivity contribution in [2.75, 3.05) is 13.8 Å². The first kappa shape index (κ1) is 20.7. The van der Waals surface area contributed by atoms with Gasteiger partial charge in [-0.2, -0.15) is 0 Å². The number of nitrogens with one attached hydrogen (secondary N) is 1. The lowest BCUT2D eigenvalue weighted by atomic mass is 9.88. The second-order valence-electron chi connectivity index (χ2n) is 8.00. The number of hydrogen-bond donors (Lipinski definition) is 1. The summed E-state index contributed by atoms with van der Waals surface area (Å²) < 4.78 is 37.0. The van der Waals surface area contributed by atoms with Crippen LogP contribution in [0.15, 0.2) is 65.6 Å². The Morgan fingerprint density at radius 3 is 2.50 bits per heavy atom. The summed E-state index contributed by atoms with van der Waals surface area (Å²) in [6, 6.07) is 17.8. The van der Waals surface area contributed by atoms with Crippen molar-refractivity contribution < 1.29 is 22.7 Å². The van der Waals surface area contributed by atoms with Crippen LogP contribution in [-0.4, -0.2) is 33.0 Å². The van der Waals surface area contributed by atoms with E-state index >= 15 is 0 Å². The lowest BCUT2D eigenvalue weighted by Gasteiger charge is -2.15. The van der Waals surface area contributed by atoms with Crippen molar-refractivity contribution in [1.29, 1.82) is 0 Å². The SMILES string of the molecule is CNS(=O)(=O)c1ccc(-c2cccc(CC(=O)C3(c4ccc5c(c4)OCO5)CC3)n2)cc1. The first-order valence-electron chi connectivity index (χ1n) is 10.3. The average Bonchev–Trinajstić information content (AvgIpc) is 3.50. The van der Waals surface area contributed by atoms with Crippen molar-refractivity contribution in [1.82, 2.24) is 9.71 Å². The third kappa shape index (κ3) is 3.65. The minimum atomic E-state index is -3.49. The van der Waals surface area contributed by atoms with Crippen LogP contribution in [0.5, 0.6) is 11.5 Å². The molecule has 0 unspecified atom stereocenters. The van der Waals surface area contributed by atoms with Crippen molar-refractivity contribution in [3.63, 3.8) is 0 Å². The van der Waals surface area contributed by atoms with Crippen LogP contribution in [0.1, 0.15) is 24.1 Å². The number of pyridine rings is 1. The van der Waals surface area contributed by atoms with Crippen molar-refractivity contribution in [3.05, 3.63) is 71.9 Å². The second-order valence-corrected chi connectivity index (χ2v) is 9.88. The smallest absolute Gasteiger partial charge is 0.240 e. The minimum Gasteiger partial charge on any atom is -0.454 e. The maximum absolute atomic E-state index is 13.2. The van der Waals surface area contributed by atoms with Crippen LogP contribution in [0.2, 0.25) is 0 Å². The van der Waals surface area contributed by atoms with E-state index in [1.807, 2.05) is 36.4 Å². The van der Waals surface area contributed by atoms with Gasteiger partial charge in [0.2, 0.25) is 16.8 Å². The van der Waals surface area contributed by atoms with Gasteiger partial charge in [0, 0.05) is 17.7 Å². The highest BCUT2D eigenvalue weighted by atomic mass is 32.2. The third-order valence-electron chi connectivity index (χ3n) is 6.09. The van der Waals surface area contributed by atoms with Gasteiger partial charge in [-0.25, -0.2) is 13.1 Å². The van der Waals surface area contributed by atoms with Crippen LogP contribution >= 0.6 is 0 Å². The van der Waals surface area contributed by atoms with E-state index in [2.05, 4.69) is 9.71 Å². The van der Waals surface area contributed by atoms with Gasteiger partial charge in [-0.05, 0) is 61.9 Å². The Labute approximate surface area is 186 Å². The molecule has 0 spiro atoms. The maximum atomic E-state index is 13.2. The number of carbonyl (C=O) groups excluding carboxylic acids is 1. The van der Waals surface area contributed by atoms with Gasteiger partial charge in [0.1, 0.15) is 5.78 Å². The number of sulfonamides is 1. The third-order valence-corrected chi connectivity index (χ3v) is 7.52. The Morgan fingerprint density at radius 1 is 1.03 bits per heavy atom. The van der Waals surface area contributed by atoms with Crippen molar-refractivity contribution in [3.8, 4) is 22.8 Å². The van der Waals surface area contributed by atoms with E-state index in [1.54, 1.807) is 24.3 Å². The highest BCUT2D eigenvalue weighted by Crippen LogP contribution is 2.51. The van der Waals surface area contributed by atoms with Crippen LogP contribution in [0.3, 0.4) is 0 Å². The molecule has 7 nitrogen and oxygen atoms in total.